The summed E-state index contributed by atoms with van der Waals surface area (Å²) in [4.78, 5) is 9.41. The van der Waals surface area contributed by atoms with Crippen molar-refractivity contribution in [1.82, 2.24) is 9.97 Å². The average Bonchev–Trinajstić information content (AvgIpc) is 2.74. The van der Waals surface area contributed by atoms with Gasteiger partial charge in [-0.05, 0) is 30.3 Å². The van der Waals surface area contributed by atoms with Crippen LogP contribution in [0.15, 0.2) is 66.7 Å². The molecule has 1 aromatic heterocycles. The molecule has 0 fully saturated rings. The van der Waals surface area contributed by atoms with Gasteiger partial charge in [0.1, 0.15) is 0 Å². The summed E-state index contributed by atoms with van der Waals surface area (Å²) in [6.45, 7) is 0. The van der Waals surface area contributed by atoms with Gasteiger partial charge in [0.15, 0.2) is 11.5 Å². The van der Waals surface area contributed by atoms with Gasteiger partial charge in [-0.15, -0.1) is 0 Å². The van der Waals surface area contributed by atoms with Gasteiger partial charge < -0.3 is 14.8 Å². The fraction of sp³-hybridized carbons (Fsp3) is 0.0909. The molecule has 0 aliphatic heterocycles. The number of fused-ring (bicyclic) bond motifs is 1. The molecular formula is C22H18ClN3O2. The third-order valence-electron chi connectivity index (χ3n) is 4.35. The topological polar surface area (TPSA) is 56.3 Å². The first-order valence-electron chi connectivity index (χ1n) is 8.70. The van der Waals surface area contributed by atoms with Crippen LogP contribution in [0.25, 0.3) is 22.2 Å². The van der Waals surface area contributed by atoms with E-state index in [4.69, 9.17) is 26.1 Å². The van der Waals surface area contributed by atoms with Crippen LogP contribution in [0, 0.1) is 0 Å². The van der Waals surface area contributed by atoms with E-state index < -0.39 is 0 Å². The van der Waals surface area contributed by atoms with E-state index in [0.717, 1.165) is 22.2 Å². The number of nitrogens with zero attached hydrogens (tertiary/aromatic N) is 2. The molecule has 3 aromatic carbocycles. The summed E-state index contributed by atoms with van der Waals surface area (Å²) in [7, 11) is 3.20. The lowest BCUT2D eigenvalue weighted by atomic mass is 10.1. The highest BCUT2D eigenvalue weighted by atomic mass is 35.5. The van der Waals surface area contributed by atoms with Gasteiger partial charge in [0.2, 0.25) is 5.95 Å². The lowest BCUT2D eigenvalue weighted by Gasteiger charge is -2.15. The monoisotopic (exact) mass is 391 g/mol. The Bertz CT molecular complexity index is 1130. The van der Waals surface area contributed by atoms with Crippen LogP contribution in [0.3, 0.4) is 0 Å². The molecule has 0 saturated heterocycles. The number of para-hydroxylation sites is 1. The van der Waals surface area contributed by atoms with Crippen molar-refractivity contribution in [3.63, 3.8) is 0 Å². The largest absolute Gasteiger partial charge is 0.493 e. The smallest absolute Gasteiger partial charge is 0.228 e. The molecule has 0 aliphatic carbocycles. The number of hydrogen-bond acceptors (Lipinski definition) is 5. The van der Waals surface area contributed by atoms with Crippen molar-refractivity contribution in [2.45, 2.75) is 0 Å². The number of hydrogen-bond donors (Lipinski definition) is 1. The van der Waals surface area contributed by atoms with Gasteiger partial charge in [-0.1, -0.05) is 48.0 Å². The minimum atomic E-state index is 0.459. The van der Waals surface area contributed by atoms with Crippen LogP contribution in [-0.4, -0.2) is 24.2 Å². The highest BCUT2D eigenvalue weighted by Crippen LogP contribution is 2.37. The molecule has 4 aromatic rings. The molecule has 4 rings (SSSR count). The Kier molecular flexibility index (Phi) is 5.00. The van der Waals surface area contributed by atoms with E-state index >= 15 is 0 Å². The second kappa shape index (κ2) is 7.74. The maximum atomic E-state index is 6.22. The van der Waals surface area contributed by atoms with Crippen molar-refractivity contribution in [2.24, 2.45) is 0 Å². The van der Waals surface area contributed by atoms with Crippen LogP contribution >= 0.6 is 11.6 Å². The molecular weight excluding hydrogens is 374 g/mol. The zero-order chi connectivity index (χ0) is 19.5. The molecule has 0 bridgehead atoms. The molecule has 1 N–H and O–H groups in total. The Labute approximate surface area is 167 Å². The van der Waals surface area contributed by atoms with Crippen molar-refractivity contribution in [3.05, 3.63) is 71.8 Å². The summed E-state index contributed by atoms with van der Waals surface area (Å²) in [5.41, 5.74) is 3.30. The van der Waals surface area contributed by atoms with Crippen molar-refractivity contribution in [1.29, 1.82) is 0 Å². The first kappa shape index (κ1) is 18.1. The van der Waals surface area contributed by atoms with Gasteiger partial charge in [-0.3, -0.25) is 0 Å². The molecule has 0 saturated carbocycles. The number of benzene rings is 3. The van der Waals surface area contributed by atoms with E-state index in [1.807, 2.05) is 66.7 Å². The number of nitrogens with one attached hydrogen (secondary N) is 1. The number of anilines is 2. The number of methoxy groups -OCH3 is 2. The highest BCUT2D eigenvalue weighted by Gasteiger charge is 2.14. The van der Waals surface area contributed by atoms with Crippen LogP contribution in [0.4, 0.5) is 11.6 Å². The van der Waals surface area contributed by atoms with E-state index in [-0.39, 0.29) is 0 Å². The molecule has 28 heavy (non-hydrogen) atoms. The van der Waals surface area contributed by atoms with Gasteiger partial charge >= 0.3 is 0 Å². The zero-order valence-corrected chi connectivity index (χ0v) is 16.2. The summed E-state index contributed by atoms with van der Waals surface area (Å²) in [6.07, 6.45) is 0. The minimum absolute atomic E-state index is 0.459. The van der Waals surface area contributed by atoms with E-state index in [2.05, 4.69) is 10.3 Å². The molecule has 6 heteroatoms. The van der Waals surface area contributed by atoms with Crippen molar-refractivity contribution >= 4 is 34.1 Å². The summed E-state index contributed by atoms with van der Waals surface area (Å²) < 4.78 is 10.9. The van der Waals surface area contributed by atoms with Gasteiger partial charge in [-0.2, -0.15) is 0 Å². The Morgan fingerprint density at radius 3 is 2.43 bits per heavy atom. The second-order valence-corrected chi connectivity index (χ2v) is 6.53. The second-order valence-electron chi connectivity index (χ2n) is 6.09. The normalized spacial score (nSPS) is 10.7. The Morgan fingerprint density at radius 2 is 1.68 bits per heavy atom. The standard InChI is InChI=1S/C22H18ClN3O2/c1-27-19-10-6-9-18(21(19)28-2)25-22-24-17-12-11-15(23)13-16(17)20(26-22)14-7-4-3-5-8-14/h3-13H,1-2H3,(H,24,25,26). The predicted molar refractivity (Wildman–Crippen MR) is 113 cm³/mol. The van der Waals surface area contributed by atoms with Crippen LogP contribution in [-0.2, 0) is 0 Å². The third kappa shape index (κ3) is 3.44. The number of rotatable bonds is 5. The molecule has 0 spiro atoms. The fourth-order valence-corrected chi connectivity index (χ4v) is 3.25. The number of ether oxygens (including phenoxy) is 2. The van der Waals surface area contributed by atoms with E-state index in [9.17, 15) is 0 Å². The van der Waals surface area contributed by atoms with Gasteiger partial charge in [0, 0.05) is 16.0 Å². The van der Waals surface area contributed by atoms with Gasteiger partial charge in [0.05, 0.1) is 31.1 Å². The molecule has 0 aliphatic rings. The predicted octanol–water partition coefficient (Wildman–Crippen LogP) is 5.71. The third-order valence-corrected chi connectivity index (χ3v) is 4.59. The summed E-state index contributed by atoms with van der Waals surface area (Å²) in [5.74, 6) is 1.68. The lowest BCUT2D eigenvalue weighted by molar-refractivity contribution is 0.356. The van der Waals surface area contributed by atoms with Gasteiger partial charge in [-0.25, -0.2) is 9.97 Å². The Balaban J connectivity index is 1.87. The molecule has 1 heterocycles. The molecule has 0 amide bonds. The van der Waals surface area contributed by atoms with Gasteiger partial charge in [0.25, 0.3) is 0 Å². The highest BCUT2D eigenvalue weighted by molar-refractivity contribution is 6.31. The minimum Gasteiger partial charge on any atom is -0.493 e. The SMILES string of the molecule is COc1cccc(Nc2nc(-c3ccccc3)c3cc(Cl)ccc3n2)c1OC. The Morgan fingerprint density at radius 1 is 0.857 bits per heavy atom. The fourth-order valence-electron chi connectivity index (χ4n) is 3.08. The van der Waals surface area contributed by atoms with Crippen LogP contribution in [0.1, 0.15) is 0 Å². The van der Waals surface area contributed by atoms with Crippen molar-refractivity contribution in [3.8, 4) is 22.8 Å². The van der Waals surface area contributed by atoms with Crippen molar-refractivity contribution in [2.75, 3.05) is 19.5 Å². The summed E-state index contributed by atoms with van der Waals surface area (Å²) >= 11 is 6.22. The molecule has 140 valence electrons. The van der Waals surface area contributed by atoms with Crippen LogP contribution in [0.2, 0.25) is 5.02 Å². The summed E-state index contributed by atoms with van der Waals surface area (Å²) in [5, 5.41) is 4.79. The maximum absolute atomic E-state index is 6.22. The molecule has 0 unspecified atom stereocenters. The first-order chi connectivity index (χ1) is 13.7. The quantitative estimate of drug-likeness (QED) is 0.472. The van der Waals surface area contributed by atoms with E-state index in [1.165, 1.54) is 0 Å². The lowest BCUT2D eigenvalue weighted by Crippen LogP contribution is -2.02. The first-order valence-corrected chi connectivity index (χ1v) is 9.08. The van der Waals surface area contributed by atoms with E-state index in [0.29, 0.717) is 28.2 Å². The maximum Gasteiger partial charge on any atom is 0.228 e. The van der Waals surface area contributed by atoms with E-state index in [1.54, 1.807) is 14.2 Å². The Hall–Kier alpha value is -3.31. The number of halogens is 1. The van der Waals surface area contributed by atoms with Crippen molar-refractivity contribution < 1.29 is 9.47 Å². The van der Waals surface area contributed by atoms with Crippen LogP contribution in [0.5, 0.6) is 11.5 Å². The molecule has 5 nitrogen and oxygen atoms in total. The average molecular weight is 392 g/mol. The van der Waals surface area contributed by atoms with Crippen LogP contribution < -0.4 is 14.8 Å². The molecule has 0 atom stereocenters. The zero-order valence-electron chi connectivity index (χ0n) is 15.4. The molecule has 0 radical (unpaired) electrons. The number of aromatic nitrogens is 2. The summed E-state index contributed by atoms with van der Waals surface area (Å²) in [6, 6.07) is 21.1.